The van der Waals surface area contributed by atoms with E-state index in [1.165, 1.54) is 24.4 Å². The van der Waals surface area contributed by atoms with Crippen molar-refractivity contribution >= 4 is 17.4 Å². The maximum Gasteiger partial charge on any atom is 0.272 e. The molecule has 1 amide bonds. The number of rotatable bonds is 3. The predicted octanol–water partition coefficient (Wildman–Crippen LogP) is 1.05. The summed E-state index contributed by atoms with van der Waals surface area (Å²) in [5, 5.41) is 11.8. The monoisotopic (exact) mass is 254 g/mol. The molecule has 17 heavy (non-hydrogen) atoms. The summed E-state index contributed by atoms with van der Waals surface area (Å²) < 4.78 is 3.68. The molecule has 0 aromatic carbocycles. The van der Waals surface area contributed by atoms with Crippen molar-refractivity contribution in [2.75, 3.05) is 13.1 Å². The van der Waals surface area contributed by atoms with E-state index in [-0.39, 0.29) is 11.3 Å². The van der Waals surface area contributed by atoms with E-state index in [2.05, 4.69) is 34.1 Å². The molecule has 2 N–H and O–H groups in total. The Bertz CT molecular complexity index is 377. The second-order valence-corrected chi connectivity index (χ2v) is 5.71. The molecule has 1 aromatic rings. The quantitative estimate of drug-likeness (QED) is 0.846. The topological polar surface area (TPSA) is 66.9 Å². The Hall–Kier alpha value is -1.01. The zero-order chi connectivity index (χ0) is 12.3. The smallest absolute Gasteiger partial charge is 0.272 e. The lowest BCUT2D eigenvalue weighted by atomic mass is 9.77. The van der Waals surface area contributed by atoms with Crippen molar-refractivity contribution in [2.24, 2.45) is 5.41 Å². The lowest BCUT2D eigenvalue weighted by Crippen LogP contribution is -2.52. The van der Waals surface area contributed by atoms with Crippen molar-refractivity contribution in [2.45, 2.75) is 32.7 Å². The van der Waals surface area contributed by atoms with Gasteiger partial charge < -0.3 is 10.6 Å². The summed E-state index contributed by atoms with van der Waals surface area (Å²) in [5.41, 5.74) is 0.634. The lowest BCUT2D eigenvalue weighted by molar-refractivity contribution is 0.0924. The van der Waals surface area contributed by atoms with Crippen LogP contribution in [0.15, 0.2) is 5.38 Å². The molecule has 0 spiro atoms. The first-order valence-corrected chi connectivity index (χ1v) is 6.72. The number of nitrogens with one attached hydrogen (secondary N) is 2. The van der Waals surface area contributed by atoms with Crippen LogP contribution >= 0.6 is 11.5 Å². The average Bonchev–Trinajstić information content (AvgIpc) is 2.80. The van der Waals surface area contributed by atoms with Crippen LogP contribution in [-0.4, -0.2) is 34.6 Å². The minimum Gasteiger partial charge on any atom is -0.349 e. The van der Waals surface area contributed by atoms with Crippen LogP contribution in [0.1, 0.15) is 37.2 Å². The van der Waals surface area contributed by atoms with Crippen LogP contribution in [0, 0.1) is 5.41 Å². The summed E-state index contributed by atoms with van der Waals surface area (Å²) in [6, 6.07) is 0.326. The number of hydrogen-bond acceptors (Lipinski definition) is 5. The van der Waals surface area contributed by atoms with Crippen LogP contribution in [0.3, 0.4) is 0 Å². The Morgan fingerprint density at radius 1 is 1.71 bits per heavy atom. The predicted molar refractivity (Wildman–Crippen MR) is 67.0 cm³/mol. The van der Waals surface area contributed by atoms with Gasteiger partial charge in [-0.3, -0.25) is 4.79 Å². The molecule has 6 heteroatoms. The van der Waals surface area contributed by atoms with Crippen LogP contribution in [-0.2, 0) is 0 Å². The molecule has 0 bridgehead atoms. The Morgan fingerprint density at radius 2 is 2.53 bits per heavy atom. The van der Waals surface area contributed by atoms with Gasteiger partial charge in [-0.1, -0.05) is 18.3 Å². The van der Waals surface area contributed by atoms with Crippen LogP contribution in [0.25, 0.3) is 0 Å². The van der Waals surface area contributed by atoms with Gasteiger partial charge in [0.2, 0.25) is 0 Å². The van der Waals surface area contributed by atoms with E-state index in [0.717, 1.165) is 6.54 Å². The number of nitrogens with zero attached hydrogens (tertiary/aromatic N) is 2. The number of carbonyl (C=O) groups excluding carboxylic acids is 1. The largest absolute Gasteiger partial charge is 0.349 e. The van der Waals surface area contributed by atoms with Crippen LogP contribution in [0.5, 0.6) is 0 Å². The fraction of sp³-hybridized carbons (Fsp3) is 0.727. The Morgan fingerprint density at radius 3 is 3.18 bits per heavy atom. The van der Waals surface area contributed by atoms with Crippen molar-refractivity contribution in [3.63, 3.8) is 0 Å². The van der Waals surface area contributed by atoms with Gasteiger partial charge in [-0.05, 0) is 36.3 Å². The molecule has 1 saturated heterocycles. The number of carbonyl (C=O) groups is 1. The normalized spacial score (nSPS) is 23.3. The maximum atomic E-state index is 11.7. The molecule has 94 valence electrons. The first-order valence-electron chi connectivity index (χ1n) is 5.88. The summed E-state index contributed by atoms with van der Waals surface area (Å²) in [6.45, 7) is 6.15. The van der Waals surface area contributed by atoms with Gasteiger partial charge in [0.1, 0.15) is 0 Å². The van der Waals surface area contributed by atoms with Crippen molar-refractivity contribution < 1.29 is 4.79 Å². The van der Waals surface area contributed by atoms with Gasteiger partial charge in [-0.25, -0.2) is 0 Å². The fourth-order valence-corrected chi connectivity index (χ4v) is 2.60. The summed E-state index contributed by atoms with van der Waals surface area (Å²) in [4.78, 5) is 11.7. The van der Waals surface area contributed by atoms with Crippen LogP contribution in [0.4, 0.5) is 0 Å². The van der Waals surface area contributed by atoms with Crippen molar-refractivity contribution in [1.29, 1.82) is 0 Å². The molecule has 1 aromatic heterocycles. The minimum atomic E-state index is -0.137. The summed E-state index contributed by atoms with van der Waals surface area (Å²) in [7, 11) is 0. The van der Waals surface area contributed by atoms with Crippen molar-refractivity contribution in [3.8, 4) is 0 Å². The second-order valence-electron chi connectivity index (χ2n) is 5.10. The molecule has 2 rings (SSSR count). The third-order valence-corrected chi connectivity index (χ3v) is 3.90. The van der Waals surface area contributed by atoms with E-state index in [1.54, 1.807) is 5.38 Å². The van der Waals surface area contributed by atoms with Crippen LogP contribution in [0.2, 0.25) is 0 Å². The zero-order valence-corrected chi connectivity index (χ0v) is 11.0. The molecular formula is C11H18N4OS. The number of piperidine rings is 1. The SMILES string of the molecule is CC1(C)CCCNC1CNC(=O)c1csnn1. The fourth-order valence-electron chi connectivity index (χ4n) is 2.17. The third-order valence-electron chi connectivity index (χ3n) is 3.39. The van der Waals surface area contributed by atoms with E-state index in [4.69, 9.17) is 0 Å². The van der Waals surface area contributed by atoms with Gasteiger partial charge in [0.15, 0.2) is 5.69 Å². The average molecular weight is 254 g/mol. The molecule has 0 saturated carbocycles. The van der Waals surface area contributed by atoms with Gasteiger partial charge in [0.05, 0.1) is 0 Å². The minimum absolute atomic E-state index is 0.137. The molecular weight excluding hydrogens is 236 g/mol. The van der Waals surface area contributed by atoms with Gasteiger partial charge in [0.25, 0.3) is 5.91 Å². The van der Waals surface area contributed by atoms with E-state index in [1.807, 2.05) is 0 Å². The number of amides is 1. The standard InChI is InChI=1S/C11H18N4OS/c1-11(2)4-3-5-12-9(11)6-13-10(16)8-7-17-15-14-8/h7,9,12H,3-6H2,1-2H3,(H,13,16). The Kier molecular flexibility index (Phi) is 3.73. The van der Waals surface area contributed by atoms with Crippen molar-refractivity contribution in [3.05, 3.63) is 11.1 Å². The summed E-state index contributed by atoms with van der Waals surface area (Å²) >= 11 is 1.19. The van der Waals surface area contributed by atoms with E-state index in [0.29, 0.717) is 18.3 Å². The van der Waals surface area contributed by atoms with E-state index < -0.39 is 0 Å². The molecule has 5 nitrogen and oxygen atoms in total. The molecule has 0 aliphatic carbocycles. The van der Waals surface area contributed by atoms with Crippen LogP contribution < -0.4 is 10.6 Å². The molecule has 1 fully saturated rings. The highest BCUT2D eigenvalue weighted by Crippen LogP contribution is 2.29. The molecule has 1 unspecified atom stereocenters. The van der Waals surface area contributed by atoms with Gasteiger partial charge >= 0.3 is 0 Å². The Balaban J connectivity index is 1.87. The third kappa shape index (κ3) is 3.01. The van der Waals surface area contributed by atoms with Gasteiger partial charge in [0, 0.05) is 18.0 Å². The van der Waals surface area contributed by atoms with Crippen molar-refractivity contribution in [1.82, 2.24) is 20.2 Å². The second kappa shape index (κ2) is 5.10. The number of hydrogen-bond donors (Lipinski definition) is 2. The number of aromatic nitrogens is 2. The van der Waals surface area contributed by atoms with Gasteiger partial charge in [-0.15, -0.1) is 5.10 Å². The van der Waals surface area contributed by atoms with Gasteiger partial charge in [-0.2, -0.15) is 0 Å². The molecule has 0 radical (unpaired) electrons. The lowest BCUT2D eigenvalue weighted by Gasteiger charge is -2.39. The Labute approximate surface area is 105 Å². The zero-order valence-electron chi connectivity index (χ0n) is 10.2. The highest BCUT2D eigenvalue weighted by molar-refractivity contribution is 7.03. The van der Waals surface area contributed by atoms with E-state index in [9.17, 15) is 4.79 Å². The molecule has 1 atom stereocenters. The molecule has 1 aliphatic heterocycles. The van der Waals surface area contributed by atoms with E-state index >= 15 is 0 Å². The first kappa shape index (κ1) is 12.4. The molecule has 1 aliphatic rings. The molecule has 2 heterocycles. The summed E-state index contributed by atoms with van der Waals surface area (Å²) in [6.07, 6.45) is 2.40. The first-order chi connectivity index (χ1) is 8.09. The highest BCUT2D eigenvalue weighted by atomic mass is 32.1. The highest BCUT2D eigenvalue weighted by Gasteiger charge is 2.32. The summed E-state index contributed by atoms with van der Waals surface area (Å²) in [5.74, 6) is -0.137. The maximum absolute atomic E-state index is 11.7.